The van der Waals surface area contributed by atoms with E-state index in [9.17, 15) is 9.59 Å². The maximum atomic E-state index is 13.1. The Kier molecular flexibility index (Phi) is 4.99. The van der Waals surface area contributed by atoms with Crippen molar-refractivity contribution in [3.63, 3.8) is 0 Å². The number of nitrogens with two attached hydrogens (primary N) is 1. The Morgan fingerprint density at radius 1 is 1.11 bits per heavy atom. The van der Waals surface area contributed by atoms with Crippen LogP contribution in [-0.4, -0.2) is 15.5 Å². The highest BCUT2D eigenvalue weighted by Gasteiger charge is 2.23. The molecule has 138 valence electrons. The number of primary amides is 1. The van der Waals surface area contributed by atoms with Gasteiger partial charge in [0.1, 0.15) is 0 Å². The van der Waals surface area contributed by atoms with Gasteiger partial charge in [0.25, 0.3) is 5.56 Å². The molecular formula is C21H21N3O2S. The van der Waals surface area contributed by atoms with Gasteiger partial charge in [-0.15, -0.1) is 0 Å². The zero-order valence-electron chi connectivity index (χ0n) is 14.9. The molecule has 2 N–H and O–H groups in total. The highest BCUT2D eigenvalue weighted by Crippen LogP contribution is 2.33. The third kappa shape index (κ3) is 3.62. The Labute approximate surface area is 161 Å². The normalized spacial score (nSPS) is 14.7. The molecule has 0 aliphatic heterocycles. The van der Waals surface area contributed by atoms with Crippen molar-refractivity contribution in [1.29, 1.82) is 0 Å². The van der Waals surface area contributed by atoms with E-state index in [-0.39, 0.29) is 11.6 Å². The monoisotopic (exact) mass is 379 g/mol. The average Bonchev–Trinajstić information content (AvgIpc) is 3.21. The summed E-state index contributed by atoms with van der Waals surface area (Å²) in [6.45, 7) is 0. The zero-order valence-corrected chi connectivity index (χ0v) is 15.7. The number of amides is 1. The third-order valence-corrected chi connectivity index (χ3v) is 6.10. The van der Waals surface area contributed by atoms with E-state index in [1.54, 1.807) is 23.9 Å². The first kappa shape index (κ1) is 17.8. The quantitative estimate of drug-likeness (QED) is 0.539. The van der Waals surface area contributed by atoms with E-state index in [4.69, 9.17) is 10.7 Å². The van der Waals surface area contributed by atoms with Gasteiger partial charge < -0.3 is 5.73 Å². The molecule has 1 heterocycles. The SMILES string of the molecule is NC(=O)c1ccc(CSc2nc3ccccc3c(=O)n2C2CCCC2)cc1. The zero-order chi connectivity index (χ0) is 18.8. The molecular weight excluding hydrogens is 358 g/mol. The van der Waals surface area contributed by atoms with Gasteiger partial charge in [-0.05, 0) is 42.7 Å². The Bertz CT molecular complexity index is 1040. The molecule has 1 aromatic heterocycles. The van der Waals surface area contributed by atoms with Crippen molar-refractivity contribution in [1.82, 2.24) is 9.55 Å². The maximum Gasteiger partial charge on any atom is 0.262 e. The predicted octanol–water partition coefficient (Wildman–Crippen LogP) is 3.90. The summed E-state index contributed by atoms with van der Waals surface area (Å²) in [6, 6.07) is 15.0. The summed E-state index contributed by atoms with van der Waals surface area (Å²) in [7, 11) is 0. The largest absolute Gasteiger partial charge is 0.366 e. The molecule has 0 atom stereocenters. The highest BCUT2D eigenvalue weighted by molar-refractivity contribution is 7.98. The van der Waals surface area contributed by atoms with Crippen LogP contribution in [0.3, 0.4) is 0 Å². The fourth-order valence-electron chi connectivity index (χ4n) is 3.62. The van der Waals surface area contributed by atoms with E-state index in [0.29, 0.717) is 16.7 Å². The van der Waals surface area contributed by atoms with Gasteiger partial charge in [0.2, 0.25) is 5.91 Å². The molecule has 1 amide bonds. The first-order valence-electron chi connectivity index (χ1n) is 9.16. The molecule has 1 aliphatic carbocycles. The summed E-state index contributed by atoms with van der Waals surface area (Å²) in [5, 5.41) is 1.45. The molecule has 0 spiro atoms. The number of fused-ring (bicyclic) bond motifs is 1. The Hall–Kier alpha value is -2.60. The Balaban J connectivity index is 1.68. The fraction of sp³-hybridized carbons (Fsp3) is 0.286. The van der Waals surface area contributed by atoms with Crippen LogP contribution < -0.4 is 11.3 Å². The van der Waals surface area contributed by atoms with Gasteiger partial charge in [-0.1, -0.05) is 48.9 Å². The van der Waals surface area contributed by atoms with Gasteiger partial charge in [-0.25, -0.2) is 4.98 Å². The summed E-state index contributed by atoms with van der Waals surface area (Å²) < 4.78 is 1.90. The molecule has 6 heteroatoms. The minimum atomic E-state index is -0.430. The lowest BCUT2D eigenvalue weighted by molar-refractivity contribution is 0.100. The van der Waals surface area contributed by atoms with Crippen LogP contribution in [0.1, 0.15) is 47.6 Å². The highest BCUT2D eigenvalue weighted by atomic mass is 32.2. The topological polar surface area (TPSA) is 78.0 Å². The second kappa shape index (κ2) is 7.56. The van der Waals surface area contributed by atoms with Crippen LogP contribution in [0.25, 0.3) is 10.9 Å². The number of thioether (sulfide) groups is 1. The second-order valence-electron chi connectivity index (χ2n) is 6.87. The minimum Gasteiger partial charge on any atom is -0.366 e. The van der Waals surface area contributed by atoms with Crippen molar-refractivity contribution >= 4 is 28.6 Å². The van der Waals surface area contributed by atoms with Crippen molar-refractivity contribution in [2.45, 2.75) is 42.6 Å². The molecule has 0 radical (unpaired) electrons. The van der Waals surface area contributed by atoms with E-state index in [1.807, 2.05) is 41.0 Å². The number of para-hydroxylation sites is 1. The summed E-state index contributed by atoms with van der Waals surface area (Å²) in [5.41, 5.74) is 7.65. The summed E-state index contributed by atoms with van der Waals surface area (Å²) in [4.78, 5) is 29.1. The maximum absolute atomic E-state index is 13.1. The third-order valence-electron chi connectivity index (χ3n) is 5.07. The molecule has 5 nitrogen and oxygen atoms in total. The van der Waals surface area contributed by atoms with Gasteiger partial charge in [0.05, 0.1) is 10.9 Å². The lowest BCUT2D eigenvalue weighted by Gasteiger charge is -2.18. The van der Waals surface area contributed by atoms with Crippen molar-refractivity contribution in [2.24, 2.45) is 5.73 Å². The Morgan fingerprint density at radius 2 is 1.81 bits per heavy atom. The minimum absolute atomic E-state index is 0.0547. The molecule has 1 fully saturated rings. The van der Waals surface area contributed by atoms with Gasteiger partial charge in [-0.3, -0.25) is 14.2 Å². The van der Waals surface area contributed by atoms with Crippen LogP contribution in [0.5, 0.6) is 0 Å². The first-order valence-corrected chi connectivity index (χ1v) is 10.1. The van der Waals surface area contributed by atoms with Crippen molar-refractivity contribution in [3.8, 4) is 0 Å². The first-order chi connectivity index (χ1) is 13.1. The molecule has 27 heavy (non-hydrogen) atoms. The molecule has 4 rings (SSSR count). The van der Waals surface area contributed by atoms with Crippen LogP contribution in [0.2, 0.25) is 0 Å². The van der Waals surface area contributed by atoms with Crippen LogP contribution >= 0.6 is 11.8 Å². The number of rotatable bonds is 5. The predicted molar refractivity (Wildman–Crippen MR) is 108 cm³/mol. The van der Waals surface area contributed by atoms with E-state index < -0.39 is 5.91 Å². The lowest BCUT2D eigenvalue weighted by atomic mass is 10.1. The lowest BCUT2D eigenvalue weighted by Crippen LogP contribution is -2.26. The van der Waals surface area contributed by atoms with Crippen LogP contribution in [-0.2, 0) is 5.75 Å². The molecule has 1 aliphatic rings. The van der Waals surface area contributed by atoms with Crippen LogP contribution in [0.15, 0.2) is 58.5 Å². The van der Waals surface area contributed by atoms with Crippen LogP contribution in [0.4, 0.5) is 0 Å². The number of carbonyl (C=O) groups is 1. The number of carbonyl (C=O) groups excluding carboxylic acids is 1. The van der Waals surface area contributed by atoms with Crippen molar-refractivity contribution < 1.29 is 4.79 Å². The molecule has 0 saturated heterocycles. The standard InChI is InChI=1S/C21H21N3O2S/c22-19(25)15-11-9-14(10-12-15)13-27-21-23-18-8-4-3-7-17(18)20(26)24(21)16-5-1-2-6-16/h3-4,7-12,16H,1-2,5-6,13H2,(H2,22,25). The van der Waals surface area contributed by atoms with E-state index in [1.165, 1.54) is 0 Å². The fourth-order valence-corrected chi connectivity index (χ4v) is 4.65. The second-order valence-corrected chi connectivity index (χ2v) is 7.82. The summed E-state index contributed by atoms with van der Waals surface area (Å²) >= 11 is 1.57. The van der Waals surface area contributed by atoms with E-state index >= 15 is 0 Å². The van der Waals surface area contributed by atoms with Crippen LogP contribution in [0, 0.1) is 0 Å². The number of hydrogen-bond donors (Lipinski definition) is 1. The summed E-state index contributed by atoms with van der Waals surface area (Å²) in [6.07, 6.45) is 4.37. The van der Waals surface area contributed by atoms with Gasteiger partial charge in [0, 0.05) is 17.4 Å². The van der Waals surface area contributed by atoms with Gasteiger partial charge in [-0.2, -0.15) is 0 Å². The molecule has 2 aromatic carbocycles. The number of nitrogens with zero attached hydrogens (tertiary/aromatic N) is 2. The van der Waals surface area contributed by atoms with Gasteiger partial charge >= 0.3 is 0 Å². The van der Waals surface area contributed by atoms with Crippen molar-refractivity contribution in [2.75, 3.05) is 0 Å². The number of benzene rings is 2. The summed E-state index contributed by atoms with van der Waals surface area (Å²) in [5.74, 6) is 0.247. The molecule has 0 unspecified atom stereocenters. The average molecular weight is 379 g/mol. The molecule has 1 saturated carbocycles. The smallest absolute Gasteiger partial charge is 0.262 e. The van der Waals surface area contributed by atoms with Crippen molar-refractivity contribution in [3.05, 3.63) is 70.0 Å². The number of hydrogen-bond acceptors (Lipinski definition) is 4. The number of aromatic nitrogens is 2. The Morgan fingerprint density at radius 3 is 2.52 bits per heavy atom. The molecule has 3 aromatic rings. The molecule has 0 bridgehead atoms. The van der Waals surface area contributed by atoms with E-state index in [2.05, 4.69) is 0 Å². The van der Waals surface area contributed by atoms with E-state index in [0.717, 1.165) is 41.9 Å². The van der Waals surface area contributed by atoms with Gasteiger partial charge in [0.15, 0.2) is 5.16 Å².